The number of aromatic hydroxyl groups is 1. The van der Waals surface area contributed by atoms with E-state index in [1.54, 1.807) is 6.07 Å². The number of carboxylic acids is 1. The molecule has 1 atom stereocenters. The molecule has 3 N–H and O–H groups in total. The van der Waals surface area contributed by atoms with Crippen molar-refractivity contribution in [2.75, 3.05) is 6.54 Å². The average molecular weight is 235 g/mol. The Labute approximate surface area is 100 Å². The molecule has 1 unspecified atom stereocenters. The fraction of sp³-hybridized carbons (Fsp3) is 0.462. The zero-order valence-corrected chi connectivity index (χ0v) is 9.65. The minimum absolute atomic E-state index is 0.201. The zero-order chi connectivity index (χ0) is 12.3. The van der Waals surface area contributed by atoms with Crippen molar-refractivity contribution < 1.29 is 15.0 Å². The molecule has 0 spiro atoms. The van der Waals surface area contributed by atoms with E-state index < -0.39 is 5.97 Å². The molecule has 4 nitrogen and oxygen atoms in total. The molecule has 92 valence electrons. The van der Waals surface area contributed by atoms with Gasteiger partial charge in [0.2, 0.25) is 0 Å². The van der Waals surface area contributed by atoms with E-state index >= 15 is 0 Å². The highest BCUT2D eigenvalue weighted by atomic mass is 16.4. The highest BCUT2D eigenvalue weighted by Gasteiger charge is 2.23. The van der Waals surface area contributed by atoms with Gasteiger partial charge in [-0.25, -0.2) is 0 Å². The molecule has 0 radical (unpaired) electrons. The second-order valence-electron chi connectivity index (χ2n) is 4.39. The molecule has 0 bridgehead atoms. The smallest absolute Gasteiger partial charge is 0.303 e. The summed E-state index contributed by atoms with van der Waals surface area (Å²) in [5.41, 5.74) is 2.18. The molecule has 2 rings (SSSR count). The van der Waals surface area contributed by atoms with Gasteiger partial charge in [-0.1, -0.05) is 12.1 Å². The van der Waals surface area contributed by atoms with E-state index in [0.717, 1.165) is 24.0 Å². The molecule has 0 aliphatic heterocycles. The first-order chi connectivity index (χ1) is 8.18. The van der Waals surface area contributed by atoms with Crippen LogP contribution in [0.15, 0.2) is 18.2 Å². The van der Waals surface area contributed by atoms with Crippen molar-refractivity contribution in [2.24, 2.45) is 0 Å². The summed E-state index contributed by atoms with van der Waals surface area (Å²) in [7, 11) is 0. The number of hydrogen-bond acceptors (Lipinski definition) is 3. The Bertz CT molecular complexity index is 417. The van der Waals surface area contributed by atoms with Crippen molar-refractivity contribution >= 4 is 5.97 Å². The number of carboxylic acid groups (broad SMARTS) is 1. The van der Waals surface area contributed by atoms with E-state index in [1.165, 1.54) is 0 Å². The number of benzene rings is 1. The molecule has 1 aliphatic carbocycles. The summed E-state index contributed by atoms with van der Waals surface area (Å²) >= 11 is 0. The molecule has 0 fully saturated rings. The Hall–Kier alpha value is -1.55. The van der Waals surface area contributed by atoms with Crippen LogP contribution in [-0.2, 0) is 11.2 Å². The summed E-state index contributed by atoms with van der Waals surface area (Å²) in [6.45, 7) is 0.700. The lowest BCUT2D eigenvalue weighted by atomic mass is 10.1. The van der Waals surface area contributed by atoms with Gasteiger partial charge in [0, 0.05) is 12.5 Å². The summed E-state index contributed by atoms with van der Waals surface area (Å²) in [5.74, 6) is -0.381. The number of fused-ring (bicyclic) bond motifs is 1. The van der Waals surface area contributed by atoms with Gasteiger partial charge in [0.25, 0.3) is 0 Å². The summed E-state index contributed by atoms with van der Waals surface area (Å²) in [4.78, 5) is 10.4. The van der Waals surface area contributed by atoms with Crippen LogP contribution < -0.4 is 5.32 Å². The SMILES string of the molecule is O=C(O)CCCNC1CCc2c(O)cccc21. The molecule has 0 saturated carbocycles. The molecule has 4 heteroatoms. The van der Waals surface area contributed by atoms with Crippen molar-refractivity contribution in [2.45, 2.75) is 31.7 Å². The minimum atomic E-state index is -0.753. The number of hydrogen-bond donors (Lipinski definition) is 3. The molecular formula is C13H17NO3. The van der Waals surface area contributed by atoms with Crippen LogP contribution in [-0.4, -0.2) is 22.7 Å². The average Bonchev–Trinajstić information content (AvgIpc) is 2.69. The van der Waals surface area contributed by atoms with Crippen molar-refractivity contribution in [1.29, 1.82) is 0 Å². The molecular weight excluding hydrogens is 218 g/mol. The topological polar surface area (TPSA) is 69.6 Å². The van der Waals surface area contributed by atoms with Crippen LogP contribution in [0.25, 0.3) is 0 Å². The van der Waals surface area contributed by atoms with Gasteiger partial charge in [-0.3, -0.25) is 4.79 Å². The van der Waals surface area contributed by atoms with Crippen LogP contribution in [0.2, 0.25) is 0 Å². The minimum Gasteiger partial charge on any atom is -0.508 e. The fourth-order valence-electron chi connectivity index (χ4n) is 2.36. The van der Waals surface area contributed by atoms with E-state index in [2.05, 4.69) is 5.32 Å². The maximum absolute atomic E-state index is 10.4. The highest BCUT2D eigenvalue weighted by Crippen LogP contribution is 2.36. The first-order valence-corrected chi connectivity index (χ1v) is 5.94. The quantitative estimate of drug-likeness (QED) is 0.681. The lowest BCUT2D eigenvalue weighted by Crippen LogP contribution is -2.21. The van der Waals surface area contributed by atoms with Crippen LogP contribution in [0.3, 0.4) is 0 Å². The Balaban J connectivity index is 1.89. The number of carbonyl (C=O) groups is 1. The fourth-order valence-corrected chi connectivity index (χ4v) is 2.36. The van der Waals surface area contributed by atoms with Gasteiger partial charge in [0.1, 0.15) is 5.75 Å². The number of aliphatic carboxylic acids is 1. The predicted octanol–water partition coefficient (Wildman–Crippen LogP) is 1.83. The monoisotopic (exact) mass is 235 g/mol. The number of nitrogens with one attached hydrogen (secondary N) is 1. The maximum Gasteiger partial charge on any atom is 0.303 e. The predicted molar refractivity (Wildman–Crippen MR) is 64.0 cm³/mol. The molecule has 0 amide bonds. The van der Waals surface area contributed by atoms with E-state index in [-0.39, 0.29) is 12.5 Å². The summed E-state index contributed by atoms with van der Waals surface area (Å²) < 4.78 is 0. The highest BCUT2D eigenvalue weighted by molar-refractivity contribution is 5.66. The molecule has 0 heterocycles. The zero-order valence-electron chi connectivity index (χ0n) is 9.65. The summed E-state index contributed by atoms with van der Waals surface area (Å²) in [6.07, 6.45) is 2.70. The van der Waals surface area contributed by atoms with E-state index in [1.807, 2.05) is 12.1 Å². The van der Waals surface area contributed by atoms with Crippen molar-refractivity contribution in [3.63, 3.8) is 0 Å². The molecule has 1 aromatic rings. The van der Waals surface area contributed by atoms with Gasteiger partial charge in [0.15, 0.2) is 0 Å². The largest absolute Gasteiger partial charge is 0.508 e. The molecule has 1 aromatic carbocycles. The van der Waals surface area contributed by atoms with Gasteiger partial charge >= 0.3 is 5.97 Å². The molecule has 0 aromatic heterocycles. The Kier molecular flexibility index (Phi) is 3.64. The van der Waals surface area contributed by atoms with Crippen LogP contribution in [0.4, 0.5) is 0 Å². The van der Waals surface area contributed by atoms with E-state index in [4.69, 9.17) is 5.11 Å². The third-order valence-corrected chi connectivity index (χ3v) is 3.20. The normalized spacial score (nSPS) is 18.0. The Morgan fingerprint density at radius 3 is 3.06 bits per heavy atom. The maximum atomic E-state index is 10.4. The van der Waals surface area contributed by atoms with Gasteiger partial charge in [-0.15, -0.1) is 0 Å². The molecule has 1 aliphatic rings. The van der Waals surface area contributed by atoms with Crippen molar-refractivity contribution in [3.05, 3.63) is 29.3 Å². The van der Waals surface area contributed by atoms with Crippen LogP contribution in [0.5, 0.6) is 5.75 Å². The van der Waals surface area contributed by atoms with Crippen LogP contribution in [0, 0.1) is 0 Å². The first kappa shape index (κ1) is 11.9. The lowest BCUT2D eigenvalue weighted by Gasteiger charge is -2.13. The first-order valence-electron chi connectivity index (χ1n) is 5.94. The van der Waals surface area contributed by atoms with Crippen LogP contribution in [0.1, 0.15) is 36.4 Å². The lowest BCUT2D eigenvalue weighted by molar-refractivity contribution is -0.137. The van der Waals surface area contributed by atoms with E-state index in [0.29, 0.717) is 18.7 Å². The van der Waals surface area contributed by atoms with Gasteiger partial charge < -0.3 is 15.5 Å². The third-order valence-electron chi connectivity index (χ3n) is 3.20. The standard InChI is InChI=1S/C13H17NO3/c15-12-4-1-3-9-10(12)6-7-11(9)14-8-2-5-13(16)17/h1,3-4,11,14-15H,2,5-8H2,(H,16,17). The van der Waals surface area contributed by atoms with Crippen molar-refractivity contribution in [1.82, 2.24) is 5.32 Å². The number of phenolic OH excluding ortho intramolecular Hbond substituents is 1. The second kappa shape index (κ2) is 5.19. The summed E-state index contributed by atoms with van der Waals surface area (Å²) in [6, 6.07) is 5.85. The number of rotatable bonds is 5. The van der Waals surface area contributed by atoms with Gasteiger partial charge in [-0.2, -0.15) is 0 Å². The second-order valence-corrected chi connectivity index (χ2v) is 4.39. The summed E-state index contributed by atoms with van der Waals surface area (Å²) in [5, 5.41) is 21.6. The third kappa shape index (κ3) is 2.77. The van der Waals surface area contributed by atoms with Crippen molar-refractivity contribution in [3.8, 4) is 5.75 Å². The molecule has 0 saturated heterocycles. The van der Waals surface area contributed by atoms with E-state index in [9.17, 15) is 9.90 Å². The Morgan fingerprint density at radius 2 is 2.29 bits per heavy atom. The van der Waals surface area contributed by atoms with Crippen LogP contribution >= 0.6 is 0 Å². The van der Waals surface area contributed by atoms with Gasteiger partial charge in [0.05, 0.1) is 0 Å². The molecule has 17 heavy (non-hydrogen) atoms. The van der Waals surface area contributed by atoms with Gasteiger partial charge in [-0.05, 0) is 43.0 Å². The Morgan fingerprint density at radius 1 is 1.47 bits per heavy atom. The number of phenols is 1.